The van der Waals surface area contributed by atoms with Crippen molar-refractivity contribution in [2.75, 3.05) is 26.5 Å². The van der Waals surface area contributed by atoms with E-state index in [1.54, 1.807) is 18.2 Å². The van der Waals surface area contributed by atoms with E-state index in [1.807, 2.05) is 4.90 Å². The van der Waals surface area contributed by atoms with Crippen LogP contribution in [0.5, 0.6) is 11.5 Å². The lowest BCUT2D eigenvalue weighted by Gasteiger charge is -2.33. The number of nitrogens with zero attached hydrogens (tertiary/aromatic N) is 1. The maximum absolute atomic E-state index is 12.7. The predicted molar refractivity (Wildman–Crippen MR) is 86.9 cm³/mol. The minimum Gasteiger partial charge on any atom is -0.454 e. The highest BCUT2D eigenvalue weighted by Crippen LogP contribution is 2.33. The highest BCUT2D eigenvalue weighted by Gasteiger charge is 2.26. The van der Waals surface area contributed by atoms with E-state index in [9.17, 15) is 4.79 Å². The van der Waals surface area contributed by atoms with Crippen LogP contribution in [0.2, 0.25) is 0 Å². The quantitative estimate of drug-likeness (QED) is 0.837. The van der Waals surface area contributed by atoms with Gasteiger partial charge in [-0.2, -0.15) is 0 Å². The van der Waals surface area contributed by atoms with Crippen LogP contribution in [0, 0.1) is 5.92 Å². The molecular weight excluding hydrogens is 294 g/mol. The Kier molecular flexibility index (Phi) is 5.06. The number of fused-ring (bicyclic) bond motifs is 1. The molecule has 1 aromatic carbocycles. The molecule has 0 radical (unpaired) electrons. The zero-order chi connectivity index (χ0) is 16.2. The second kappa shape index (κ2) is 7.21. The van der Waals surface area contributed by atoms with Crippen molar-refractivity contribution in [2.45, 2.75) is 39.2 Å². The average Bonchev–Trinajstić information content (AvgIpc) is 3.01. The number of ether oxygens (including phenoxy) is 3. The fourth-order valence-electron chi connectivity index (χ4n) is 3.04. The van der Waals surface area contributed by atoms with E-state index in [-0.39, 0.29) is 18.8 Å². The Balaban J connectivity index is 1.58. The summed E-state index contributed by atoms with van der Waals surface area (Å²) in [6.45, 7) is 6.62. The van der Waals surface area contributed by atoms with Gasteiger partial charge in [-0.3, -0.25) is 4.79 Å². The average molecular weight is 319 g/mol. The van der Waals surface area contributed by atoms with E-state index in [1.165, 1.54) is 6.42 Å². The first-order valence-electron chi connectivity index (χ1n) is 8.44. The van der Waals surface area contributed by atoms with Gasteiger partial charge in [0.2, 0.25) is 6.79 Å². The van der Waals surface area contributed by atoms with E-state index in [4.69, 9.17) is 14.2 Å². The maximum atomic E-state index is 12.7. The van der Waals surface area contributed by atoms with Gasteiger partial charge in [0.25, 0.3) is 5.91 Å². The molecule has 1 saturated heterocycles. The Morgan fingerprint density at radius 3 is 2.96 bits per heavy atom. The molecule has 5 nitrogen and oxygen atoms in total. The van der Waals surface area contributed by atoms with Gasteiger partial charge in [0.15, 0.2) is 11.5 Å². The van der Waals surface area contributed by atoms with Crippen LogP contribution in [0.15, 0.2) is 18.2 Å². The minimum absolute atomic E-state index is 0.0421. The molecule has 0 saturated carbocycles. The molecule has 0 spiro atoms. The van der Waals surface area contributed by atoms with Crippen LogP contribution in [0.4, 0.5) is 0 Å². The number of benzene rings is 1. The molecule has 1 amide bonds. The zero-order valence-electron chi connectivity index (χ0n) is 13.9. The zero-order valence-corrected chi connectivity index (χ0v) is 13.9. The third kappa shape index (κ3) is 3.96. The van der Waals surface area contributed by atoms with Crippen LogP contribution >= 0.6 is 0 Å². The first kappa shape index (κ1) is 16.1. The van der Waals surface area contributed by atoms with Gasteiger partial charge >= 0.3 is 0 Å². The van der Waals surface area contributed by atoms with Gasteiger partial charge in [-0.25, -0.2) is 0 Å². The number of hydrogen-bond donors (Lipinski definition) is 0. The first-order valence-corrected chi connectivity index (χ1v) is 8.44. The van der Waals surface area contributed by atoms with Gasteiger partial charge < -0.3 is 19.1 Å². The topological polar surface area (TPSA) is 48.0 Å². The number of carbonyl (C=O) groups is 1. The predicted octanol–water partition coefficient (Wildman–Crippen LogP) is 3.08. The summed E-state index contributed by atoms with van der Waals surface area (Å²) >= 11 is 0. The van der Waals surface area contributed by atoms with Crippen LogP contribution < -0.4 is 9.47 Å². The van der Waals surface area contributed by atoms with Crippen molar-refractivity contribution in [1.82, 2.24) is 4.90 Å². The smallest absolute Gasteiger partial charge is 0.254 e. The molecule has 2 heterocycles. The number of rotatable bonds is 5. The highest BCUT2D eigenvalue weighted by molar-refractivity contribution is 5.95. The molecule has 0 N–H and O–H groups in total. The molecule has 0 aliphatic carbocycles. The minimum atomic E-state index is 0.0421. The summed E-state index contributed by atoms with van der Waals surface area (Å²) in [5, 5.41) is 0. The van der Waals surface area contributed by atoms with Gasteiger partial charge in [0, 0.05) is 18.7 Å². The molecule has 1 fully saturated rings. The van der Waals surface area contributed by atoms with Crippen molar-refractivity contribution in [3.8, 4) is 11.5 Å². The largest absolute Gasteiger partial charge is 0.454 e. The molecule has 2 aliphatic rings. The normalized spacial score (nSPS) is 20.1. The van der Waals surface area contributed by atoms with Crippen molar-refractivity contribution < 1.29 is 19.0 Å². The van der Waals surface area contributed by atoms with E-state index < -0.39 is 0 Å². The maximum Gasteiger partial charge on any atom is 0.254 e. The summed E-state index contributed by atoms with van der Waals surface area (Å²) in [7, 11) is 0. The fraction of sp³-hybridized carbons (Fsp3) is 0.611. The molecular formula is C18H25NO4. The van der Waals surface area contributed by atoms with E-state index in [0.717, 1.165) is 12.8 Å². The Labute approximate surface area is 137 Å². The van der Waals surface area contributed by atoms with Crippen LogP contribution in [0.1, 0.15) is 43.5 Å². The fourth-order valence-corrected chi connectivity index (χ4v) is 3.04. The first-order chi connectivity index (χ1) is 11.1. The van der Waals surface area contributed by atoms with Crippen molar-refractivity contribution in [3.63, 3.8) is 0 Å². The molecule has 1 aromatic rings. The number of amides is 1. The molecule has 0 aromatic heterocycles. The highest BCUT2D eigenvalue weighted by atomic mass is 16.7. The summed E-state index contributed by atoms with van der Waals surface area (Å²) in [6, 6.07) is 5.38. The van der Waals surface area contributed by atoms with Gasteiger partial charge in [-0.15, -0.1) is 0 Å². The number of carbonyl (C=O) groups excluding carboxylic acids is 1. The molecule has 0 bridgehead atoms. The molecule has 3 rings (SSSR count). The molecule has 2 aliphatic heterocycles. The molecule has 5 heteroatoms. The Hall–Kier alpha value is -1.75. The van der Waals surface area contributed by atoms with Crippen LogP contribution in [-0.4, -0.2) is 43.4 Å². The second-order valence-corrected chi connectivity index (χ2v) is 6.64. The lowest BCUT2D eigenvalue weighted by molar-refractivity contribution is -0.0260. The third-order valence-electron chi connectivity index (χ3n) is 4.35. The Morgan fingerprint density at radius 1 is 1.30 bits per heavy atom. The lowest BCUT2D eigenvalue weighted by atomic mass is 10.0. The summed E-state index contributed by atoms with van der Waals surface area (Å²) in [5.41, 5.74) is 0.650. The van der Waals surface area contributed by atoms with Crippen LogP contribution in [-0.2, 0) is 4.74 Å². The summed E-state index contributed by atoms with van der Waals surface area (Å²) < 4.78 is 16.5. The SMILES string of the molecule is CC(C)CCC[C@H]1CN(C(=O)c2ccc3c(c2)OCO3)CCO1. The monoisotopic (exact) mass is 319 g/mol. The summed E-state index contributed by atoms with van der Waals surface area (Å²) in [5.74, 6) is 2.11. The molecule has 1 atom stereocenters. The van der Waals surface area contributed by atoms with Gasteiger partial charge in [-0.05, 0) is 30.5 Å². The number of hydrogen-bond acceptors (Lipinski definition) is 4. The van der Waals surface area contributed by atoms with Crippen molar-refractivity contribution in [2.24, 2.45) is 5.92 Å². The third-order valence-corrected chi connectivity index (χ3v) is 4.35. The second-order valence-electron chi connectivity index (χ2n) is 6.64. The van der Waals surface area contributed by atoms with Gasteiger partial charge in [-0.1, -0.05) is 26.7 Å². The van der Waals surface area contributed by atoms with Crippen molar-refractivity contribution in [3.05, 3.63) is 23.8 Å². The summed E-state index contributed by atoms with van der Waals surface area (Å²) in [6.07, 6.45) is 3.52. The van der Waals surface area contributed by atoms with E-state index in [2.05, 4.69) is 13.8 Å². The Morgan fingerprint density at radius 2 is 2.13 bits per heavy atom. The van der Waals surface area contributed by atoms with Crippen molar-refractivity contribution >= 4 is 5.91 Å². The molecule has 0 unspecified atom stereocenters. The molecule has 23 heavy (non-hydrogen) atoms. The van der Waals surface area contributed by atoms with Gasteiger partial charge in [0.05, 0.1) is 12.7 Å². The molecule has 126 valence electrons. The summed E-state index contributed by atoms with van der Waals surface area (Å²) in [4.78, 5) is 14.6. The van der Waals surface area contributed by atoms with E-state index in [0.29, 0.717) is 42.7 Å². The van der Waals surface area contributed by atoms with Crippen LogP contribution in [0.3, 0.4) is 0 Å². The van der Waals surface area contributed by atoms with Gasteiger partial charge in [0.1, 0.15) is 0 Å². The number of morpholine rings is 1. The van der Waals surface area contributed by atoms with E-state index >= 15 is 0 Å². The van der Waals surface area contributed by atoms with Crippen molar-refractivity contribution in [1.29, 1.82) is 0 Å². The Bertz CT molecular complexity index is 558. The standard InChI is InChI=1S/C18H25NO4/c1-13(2)4-3-5-15-11-19(8-9-21-15)18(20)14-6-7-16-17(10-14)23-12-22-16/h6-7,10,13,15H,3-5,8-9,11-12H2,1-2H3/t15-/m0/s1. The lowest BCUT2D eigenvalue weighted by Crippen LogP contribution is -2.45. The van der Waals surface area contributed by atoms with Crippen LogP contribution in [0.25, 0.3) is 0 Å².